The molecule has 0 saturated carbocycles. The van der Waals surface area contributed by atoms with Gasteiger partial charge in [-0.15, -0.1) is 0 Å². The van der Waals surface area contributed by atoms with Gasteiger partial charge in [0.1, 0.15) is 0 Å². The van der Waals surface area contributed by atoms with E-state index >= 15 is 0 Å². The normalized spacial score (nSPS) is 9.23. The molecule has 1 rings (SSSR count). The number of hydrogen-bond acceptors (Lipinski definition) is 3. The van der Waals surface area contributed by atoms with Crippen molar-refractivity contribution in [1.29, 1.82) is 0 Å². The number of urea groups is 1. The molecule has 13 heavy (non-hydrogen) atoms. The Morgan fingerprint density at radius 1 is 1.46 bits per heavy atom. The maximum Gasteiger partial charge on any atom is 0.318 e. The van der Waals surface area contributed by atoms with Gasteiger partial charge in [0, 0.05) is 6.20 Å². The van der Waals surface area contributed by atoms with Gasteiger partial charge >= 0.3 is 6.03 Å². The van der Waals surface area contributed by atoms with E-state index < -0.39 is 11.9 Å². The summed E-state index contributed by atoms with van der Waals surface area (Å²) in [6.45, 7) is 0. The van der Waals surface area contributed by atoms with E-state index in [1.807, 2.05) is 5.32 Å². The second kappa shape index (κ2) is 4.20. The number of aromatic nitrogens is 1. The Bertz CT molecular complexity index is 310. The number of rotatable bonds is 2. The number of imide groups is 1. The largest absolute Gasteiger partial charge is 0.351 e. The Balaban J connectivity index is 2.50. The quantitative estimate of drug-likeness (QED) is 0.659. The summed E-state index contributed by atoms with van der Waals surface area (Å²) in [5, 5.41) is 1.90. The van der Waals surface area contributed by atoms with E-state index in [-0.39, 0.29) is 0 Å². The van der Waals surface area contributed by atoms with Gasteiger partial charge < -0.3 is 5.73 Å². The van der Waals surface area contributed by atoms with Crippen LogP contribution in [0, 0.1) is 6.42 Å². The average Bonchev–Trinajstić information content (AvgIpc) is 2.04. The Kier molecular flexibility index (Phi) is 2.97. The third-order valence-electron chi connectivity index (χ3n) is 1.21. The van der Waals surface area contributed by atoms with Crippen LogP contribution in [0.4, 0.5) is 4.79 Å². The fourth-order valence-corrected chi connectivity index (χ4v) is 0.753. The second-order valence-corrected chi connectivity index (χ2v) is 2.25. The van der Waals surface area contributed by atoms with Crippen molar-refractivity contribution in [3.8, 4) is 0 Å². The lowest BCUT2D eigenvalue weighted by Crippen LogP contribution is -2.35. The number of hydrogen-bond donors (Lipinski definition) is 2. The molecule has 1 aromatic rings. The summed E-state index contributed by atoms with van der Waals surface area (Å²) in [7, 11) is 0. The lowest BCUT2D eigenvalue weighted by molar-refractivity contribution is -0.116. The summed E-state index contributed by atoms with van der Waals surface area (Å²) < 4.78 is 0. The zero-order chi connectivity index (χ0) is 9.68. The van der Waals surface area contributed by atoms with Gasteiger partial charge in [0.25, 0.3) is 0 Å². The van der Waals surface area contributed by atoms with Gasteiger partial charge in [-0.2, -0.15) is 0 Å². The van der Waals surface area contributed by atoms with Crippen LogP contribution in [0.2, 0.25) is 0 Å². The molecule has 3 N–H and O–H groups in total. The Hall–Kier alpha value is -1.91. The highest BCUT2D eigenvalue weighted by Gasteiger charge is 2.05. The first-order chi connectivity index (χ1) is 6.18. The summed E-state index contributed by atoms with van der Waals surface area (Å²) in [5.41, 5.74) is 5.21. The molecule has 1 heterocycles. The highest BCUT2D eigenvalue weighted by atomic mass is 16.2. The minimum absolute atomic E-state index is 0.473. The zero-order valence-electron chi connectivity index (χ0n) is 6.73. The van der Waals surface area contributed by atoms with Crippen molar-refractivity contribution in [1.82, 2.24) is 10.3 Å². The van der Waals surface area contributed by atoms with E-state index in [0.717, 1.165) is 0 Å². The van der Waals surface area contributed by atoms with Crippen molar-refractivity contribution in [3.05, 3.63) is 36.5 Å². The Morgan fingerprint density at radius 3 is 2.77 bits per heavy atom. The van der Waals surface area contributed by atoms with Crippen LogP contribution in [-0.4, -0.2) is 16.9 Å². The van der Waals surface area contributed by atoms with E-state index in [2.05, 4.69) is 4.98 Å². The molecule has 0 unspecified atom stereocenters. The number of carbonyl (C=O) groups excluding carboxylic acids is 2. The Morgan fingerprint density at radius 2 is 2.23 bits per heavy atom. The summed E-state index contributed by atoms with van der Waals surface area (Å²) in [6, 6.07) is 4.22. The number of nitrogens with one attached hydrogen (secondary N) is 1. The minimum Gasteiger partial charge on any atom is -0.351 e. The van der Waals surface area contributed by atoms with Crippen LogP contribution in [0.15, 0.2) is 24.4 Å². The number of pyridine rings is 1. The standard InChI is InChI=1S/C8H8N3O2/c9-8(13)11-7(12)5-6-3-1-2-4-10-6/h1-5H,(H3,9,11,12,13). The van der Waals surface area contributed by atoms with Crippen LogP contribution in [-0.2, 0) is 4.79 Å². The SMILES string of the molecule is NC(=O)NC(=O)[CH]c1ccccn1. The lowest BCUT2D eigenvalue weighted by atomic mass is 10.2. The Labute approximate surface area is 75.0 Å². The fourth-order valence-electron chi connectivity index (χ4n) is 0.753. The van der Waals surface area contributed by atoms with Gasteiger partial charge in [-0.05, 0) is 12.1 Å². The first-order valence-electron chi connectivity index (χ1n) is 3.54. The third-order valence-corrected chi connectivity index (χ3v) is 1.21. The van der Waals surface area contributed by atoms with Crippen LogP contribution in [0.1, 0.15) is 5.69 Å². The maximum absolute atomic E-state index is 10.9. The molecular weight excluding hydrogens is 170 g/mol. The summed E-state index contributed by atoms with van der Waals surface area (Å²) >= 11 is 0. The van der Waals surface area contributed by atoms with Crippen molar-refractivity contribution in [2.45, 2.75) is 0 Å². The van der Waals surface area contributed by atoms with Gasteiger partial charge in [-0.25, -0.2) is 4.79 Å². The molecule has 0 atom stereocenters. The molecule has 0 bridgehead atoms. The van der Waals surface area contributed by atoms with Crippen LogP contribution in [0.5, 0.6) is 0 Å². The molecule has 5 nitrogen and oxygen atoms in total. The van der Waals surface area contributed by atoms with Gasteiger partial charge in [-0.1, -0.05) is 6.07 Å². The topological polar surface area (TPSA) is 85.1 Å². The molecule has 67 valence electrons. The molecule has 3 amide bonds. The molecule has 0 aliphatic heterocycles. The van der Waals surface area contributed by atoms with Crippen molar-refractivity contribution >= 4 is 11.9 Å². The highest BCUT2D eigenvalue weighted by Crippen LogP contribution is 1.96. The van der Waals surface area contributed by atoms with Crippen LogP contribution in [0.3, 0.4) is 0 Å². The van der Waals surface area contributed by atoms with Crippen molar-refractivity contribution < 1.29 is 9.59 Å². The van der Waals surface area contributed by atoms with E-state index in [9.17, 15) is 9.59 Å². The number of primary amides is 1. The molecule has 0 fully saturated rings. The van der Waals surface area contributed by atoms with Gasteiger partial charge in [0.15, 0.2) is 0 Å². The molecule has 5 heteroatoms. The number of nitrogens with zero attached hydrogens (tertiary/aromatic N) is 1. The second-order valence-electron chi connectivity index (χ2n) is 2.25. The van der Waals surface area contributed by atoms with Gasteiger partial charge in [0.05, 0.1) is 12.1 Å². The van der Waals surface area contributed by atoms with E-state index in [4.69, 9.17) is 5.73 Å². The van der Waals surface area contributed by atoms with Crippen LogP contribution >= 0.6 is 0 Å². The van der Waals surface area contributed by atoms with E-state index in [1.54, 1.807) is 24.4 Å². The van der Waals surface area contributed by atoms with Crippen molar-refractivity contribution in [3.63, 3.8) is 0 Å². The number of carbonyl (C=O) groups is 2. The number of nitrogens with two attached hydrogens (primary N) is 1. The molecule has 0 aliphatic rings. The highest BCUT2D eigenvalue weighted by molar-refractivity contribution is 5.99. The molecule has 1 radical (unpaired) electrons. The molecule has 0 aromatic carbocycles. The van der Waals surface area contributed by atoms with Gasteiger partial charge in [0.2, 0.25) is 5.91 Å². The predicted octanol–water partition coefficient (Wildman–Crippen LogP) is -0.171. The number of amides is 3. The molecule has 1 aromatic heterocycles. The van der Waals surface area contributed by atoms with E-state index in [0.29, 0.717) is 5.69 Å². The summed E-state index contributed by atoms with van der Waals surface area (Å²) in [6.07, 6.45) is 2.73. The monoisotopic (exact) mass is 178 g/mol. The van der Waals surface area contributed by atoms with Crippen LogP contribution in [0.25, 0.3) is 0 Å². The summed E-state index contributed by atoms with van der Waals surface area (Å²) in [4.78, 5) is 25.0. The van der Waals surface area contributed by atoms with Gasteiger partial charge in [-0.3, -0.25) is 15.1 Å². The summed E-state index contributed by atoms with van der Waals surface area (Å²) in [5.74, 6) is -0.578. The molecular formula is C8H8N3O2. The smallest absolute Gasteiger partial charge is 0.318 e. The van der Waals surface area contributed by atoms with E-state index in [1.165, 1.54) is 6.42 Å². The minimum atomic E-state index is -0.878. The maximum atomic E-state index is 10.9. The predicted molar refractivity (Wildman–Crippen MR) is 45.4 cm³/mol. The fraction of sp³-hybridized carbons (Fsp3) is 0. The molecule has 0 spiro atoms. The molecule has 0 saturated heterocycles. The third kappa shape index (κ3) is 3.33. The average molecular weight is 178 g/mol. The first-order valence-corrected chi connectivity index (χ1v) is 3.54. The lowest BCUT2D eigenvalue weighted by Gasteiger charge is -1.98. The zero-order valence-corrected chi connectivity index (χ0v) is 6.73. The van der Waals surface area contributed by atoms with Crippen molar-refractivity contribution in [2.75, 3.05) is 0 Å². The first kappa shape index (κ1) is 9.18. The van der Waals surface area contributed by atoms with Crippen LogP contribution < -0.4 is 11.1 Å². The molecule has 0 aliphatic carbocycles. The van der Waals surface area contributed by atoms with Crippen molar-refractivity contribution in [2.24, 2.45) is 5.73 Å².